The Balaban J connectivity index is 2.50. The van der Waals surface area contributed by atoms with E-state index in [2.05, 4.69) is 16.3 Å². The van der Waals surface area contributed by atoms with Gasteiger partial charge in [-0.15, -0.1) is 0 Å². The van der Waals surface area contributed by atoms with E-state index in [9.17, 15) is 4.79 Å². The second kappa shape index (κ2) is 5.59. The van der Waals surface area contributed by atoms with Gasteiger partial charge in [-0.1, -0.05) is 37.6 Å². The molecule has 0 aliphatic rings. The van der Waals surface area contributed by atoms with E-state index in [0.717, 1.165) is 16.8 Å². The van der Waals surface area contributed by atoms with Gasteiger partial charge >= 0.3 is 0 Å². The third-order valence-corrected chi connectivity index (χ3v) is 3.54. The van der Waals surface area contributed by atoms with Crippen LogP contribution in [0.15, 0.2) is 29.1 Å². The zero-order valence-corrected chi connectivity index (χ0v) is 12.4. The molecule has 106 valence electrons. The standard InChI is InChI=1S/C16H21N3O/c1-9(2)14-8-13(16(20)19-18-14)15(17)12-6-5-10(3)7-11(12)4/h5-9,15H,17H2,1-4H3,(H,19,20). The van der Waals surface area contributed by atoms with Crippen molar-refractivity contribution in [3.8, 4) is 0 Å². The highest BCUT2D eigenvalue weighted by Gasteiger charge is 2.16. The summed E-state index contributed by atoms with van der Waals surface area (Å²) < 4.78 is 0. The first-order valence-electron chi connectivity index (χ1n) is 6.82. The highest BCUT2D eigenvalue weighted by atomic mass is 16.1. The number of H-pyrrole nitrogens is 1. The summed E-state index contributed by atoms with van der Waals surface area (Å²) in [6.07, 6.45) is 0. The molecule has 0 amide bonds. The Hall–Kier alpha value is -1.94. The zero-order chi connectivity index (χ0) is 14.9. The number of aromatic amines is 1. The molecule has 0 fully saturated rings. The van der Waals surface area contributed by atoms with Gasteiger partial charge in [0, 0.05) is 5.56 Å². The second-order valence-electron chi connectivity index (χ2n) is 5.57. The van der Waals surface area contributed by atoms with Gasteiger partial charge in [-0.2, -0.15) is 5.10 Å². The highest BCUT2D eigenvalue weighted by Crippen LogP contribution is 2.22. The second-order valence-corrected chi connectivity index (χ2v) is 5.57. The Morgan fingerprint density at radius 2 is 1.85 bits per heavy atom. The molecule has 4 heteroatoms. The topological polar surface area (TPSA) is 71.8 Å². The van der Waals surface area contributed by atoms with Crippen LogP contribution in [-0.2, 0) is 0 Å². The van der Waals surface area contributed by atoms with Crippen LogP contribution in [0.4, 0.5) is 0 Å². The average molecular weight is 271 g/mol. The van der Waals surface area contributed by atoms with Gasteiger partial charge in [-0.25, -0.2) is 5.10 Å². The molecule has 1 aromatic carbocycles. The largest absolute Gasteiger partial charge is 0.320 e. The Morgan fingerprint density at radius 3 is 2.45 bits per heavy atom. The van der Waals surface area contributed by atoms with Crippen LogP contribution in [0.1, 0.15) is 53.8 Å². The highest BCUT2D eigenvalue weighted by molar-refractivity contribution is 5.38. The fraction of sp³-hybridized carbons (Fsp3) is 0.375. The van der Waals surface area contributed by atoms with E-state index < -0.39 is 6.04 Å². The number of nitrogens with zero attached hydrogens (tertiary/aromatic N) is 1. The van der Waals surface area contributed by atoms with Crippen LogP contribution >= 0.6 is 0 Å². The number of hydrogen-bond donors (Lipinski definition) is 2. The number of aromatic nitrogens is 2. The first-order valence-corrected chi connectivity index (χ1v) is 6.82. The maximum Gasteiger partial charge on any atom is 0.269 e. The molecule has 3 N–H and O–H groups in total. The van der Waals surface area contributed by atoms with Crippen LogP contribution < -0.4 is 11.3 Å². The summed E-state index contributed by atoms with van der Waals surface area (Å²) >= 11 is 0. The lowest BCUT2D eigenvalue weighted by atomic mass is 9.94. The number of nitrogens with one attached hydrogen (secondary N) is 1. The van der Waals surface area contributed by atoms with Crippen molar-refractivity contribution >= 4 is 0 Å². The van der Waals surface area contributed by atoms with Gasteiger partial charge in [-0.3, -0.25) is 4.79 Å². The summed E-state index contributed by atoms with van der Waals surface area (Å²) in [5, 5.41) is 6.60. The minimum absolute atomic E-state index is 0.220. The third-order valence-electron chi connectivity index (χ3n) is 3.54. The molecule has 0 spiro atoms. The van der Waals surface area contributed by atoms with Crippen molar-refractivity contribution in [3.05, 3.63) is 62.6 Å². The van der Waals surface area contributed by atoms with Crippen LogP contribution in [-0.4, -0.2) is 10.2 Å². The molecule has 0 aliphatic heterocycles. The van der Waals surface area contributed by atoms with E-state index in [-0.39, 0.29) is 11.5 Å². The van der Waals surface area contributed by atoms with Crippen LogP contribution in [0.2, 0.25) is 0 Å². The predicted molar refractivity (Wildman–Crippen MR) is 80.9 cm³/mol. The number of aryl methyl sites for hydroxylation is 2. The Morgan fingerprint density at radius 1 is 1.15 bits per heavy atom. The third kappa shape index (κ3) is 2.80. The minimum atomic E-state index is -0.431. The maximum atomic E-state index is 12.0. The van der Waals surface area contributed by atoms with E-state index >= 15 is 0 Å². The average Bonchev–Trinajstić information content (AvgIpc) is 2.38. The van der Waals surface area contributed by atoms with Gasteiger partial charge < -0.3 is 5.73 Å². The number of benzene rings is 1. The molecule has 0 bridgehead atoms. The van der Waals surface area contributed by atoms with Crippen molar-refractivity contribution in [2.24, 2.45) is 5.73 Å². The van der Waals surface area contributed by atoms with Gasteiger partial charge in [0.1, 0.15) is 0 Å². The SMILES string of the molecule is Cc1ccc(C(N)c2cc(C(C)C)n[nH]c2=O)c(C)c1. The lowest BCUT2D eigenvalue weighted by Crippen LogP contribution is -2.25. The van der Waals surface area contributed by atoms with Crippen LogP contribution in [0.3, 0.4) is 0 Å². The minimum Gasteiger partial charge on any atom is -0.320 e. The molecule has 1 heterocycles. The van der Waals surface area contributed by atoms with Crippen LogP contribution in [0, 0.1) is 13.8 Å². The van der Waals surface area contributed by atoms with Crippen molar-refractivity contribution in [1.82, 2.24) is 10.2 Å². The van der Waals surface area contributed by atoms with Gasteiger partial charge in [0.25, 0.3) is 5.56 Å². The lowest BCUT2D eigenvalue weighted by molar-refractivity contribution is 0.746. The predicted octanol–water partition coefficient (Wildman–Crippen LogP) is 2.56. The van der Waals surface area contributed by atoms with E-state index in [4.69, 9.17) is 5.73 Å². The maximum absolute atomic E-state index is 12.0. The Kier molecular flexibility index (Phi) is 4.04. The molecule has 2 rings (SSSR count). The first kappa shape index (κ1) is 14.5. The molecule has 2 aromatic rings. The van der Waals surface area contributed by atoms with Crippen molar-refractivity contribution in [3.63, 3.8) is 0 Å². The summed E-state index contributed by atoms with van der Waals surface area (Å²) in [5.74, 6) is 0.247. The summed E-state index contributed by atoms with van der Waals surface area (Å²) in [7, 11) is 0. The smallest absolute Gasteiger partial charge is 0.269 e. The molecule has 0 aliphatic carbocycles. The van der Waals surface area contributed by atoms with Gasteiger partial charge in [0.15, 0.2) is 0 Å². The molecule has 4 nitrogen and oxygen atoms in total. The molecule has 1 aromatic heterocycles. The van der Waals surface area contributed by atoms with E-state index in [1.165, 1.54) is 5.56 Å². The monoisotopic (exact) mass is 271 g/mol. The van der Waals surface area contributed by atoms with Crippen molar-refractivity contribution < 1.29 is 0 Å². The van der Waals surface area contributed by atoms with Crippen molar-refractivity contribution in [2.45, 2.75) is 39.7 Å². The van der Waals surface area contributed by atoms with E-state index in [1.54, 1.807) is 0 Å². The Labute approximate surface area is 119 Å². The number of rotatable bonds is 3. The molecule has 0 saturated carbocycles. The molecular formula is C16H21N3O. The fourth-order valence-electron chi connectivity index (χ4n) is 2.31. The van der Waals surface area contributed by atoms with Crippen molar-refractivity contribution in [2.75, 3.05) is 0 Å². The first-order chi connectivity index (χ1) is 9.40. The van der Waals surface area contributed by atoms with Gasteiger partial charge in [-0.05, 0) is 37.0 Å². The summed E-state index contributed by atoms with van der Waals surface area (Å²) in [6.45, 7) is 8.12. The number of hydrogen-bond acceptors (Lipinski definition) is 3. The summed E-state index contributed by atoms with van der Waals surface area (Å²) in [5.41, 5.74) is 10.7. The van der Waals surface area contributed by atoms with Gasteiger partial charge in [0.05, 0.1) is 11.7 Å². The molecule has 0 saturated heterocycles. The number of nitrogens with two attached hydrogens (primary N) is 1. The molecule has 20 heavy (non-hydrogen) atoms. The quantitative estimate of drug-likeness (QED) is 0.901. The Bertz CT molecular complexity index is 674. The molecule has 1 unspecified atom stereocenters. The lowest BCUT2D eigenvalue weighted by Gasteiger charge is -2.16. The van der Waals surface area contributed by atoms with Crippen LogP contribution in [0.25, 0.3) is 0 Å². The molecule has 0 radical (unpaired) electrons. The van der Waals surface area contributed by atoms with E-state index in [1.807, 2.05) is 45.9 Å². The zero-order valence-electron chi connectivity index (χ0n) is 12.4. The molecular weight excluding hydrogens is 250 g/mol. The van der Waals surface area contributed by atoms with Gasteiger partial charge in [0.2, 0.25) is 0 Å². The summed E-state index contributed by atoms with van der Waals surface area (Å²) in [6, 6.07) is 7.46. The normalized spacial score (nSPS) is 12.7. The summed E-state index contributed by atoms with van der Waals surface area (Å²) in [4.78, 5) is 12.0. The van der Waals surface area contributed by atoms with Crippen LogP contribution in [0.5, 0.6) is 0 Å². The molecule has 1 atom stereocenters. The van der Waals surface area contributed by atoms with E-state index in [0.29, 0.717) is 5.56 Å². The van der Waals surface area contributed by atoms with Crippen molar-refractivity contribution in [1.29, 1.82) is 0 Å². The fourth-order valence-corrected chi connectivity index (χ4v) is 2.31.